The van der Waals surface area contributed by atoms with E-state index in [1.807, 2.05) is 12.1 Å². The second-order valence-corrected chi connectivity index (χ2v) is 7.54. The fourth-order valence-electron chi connectivity index (χ4n) is 3.15. The predicted molar refractivity (Wildman–Crippen MR) is 111 cm³/mol. The van der Waals surface area contributed by atoms with Gasteiger partial charge in [-0.05, 0) is 60.6 Å². The second-order valence-electron chi connectivity index (χ2n) is 6.73. The van der Waals surface area contributed by atoms with Crippen molar-refractivity contribution in [3.8, 4) is 0 Å². The van der Waals surface area contributed by atoms with Gasteiger partial charge in [-0.1, -0.05) is 41.9 Å². The molecule has 0 atom stereocenters. The van der Waals surface area contributed by atoms with Gasteiger partial charge in [0.1, 0.15) is 0 Å². The topological polar surface area (TPSA) is 54.0 Å². The average Bonchev–Trinajstić information content (AvgIpc) is 2.84. The lowest BCUT2D eigenvalue weighted by molar-refractivity contribution is 0.240. The molecule has 0 bridgehead atoms. The monoisotopic (exact) mass is 403 g/mol. The Labute approximate surface area is 170 Å². The number of halogens is 2. The van der Waals surface area contributed by atoms with Gasteiger partial charge >= 0.3 is 6.03 Å². The Kier molecular flexibility index (Phi) is 6.75. The summed E-state index contributed by atoms with van der Waals surface area (Å²) in [6.45, 7) is 5.08. The van der Waals surface area contributed by atoms with Gasteiger partial charge in [0.25, 0.3) is 0 Å². The lowest BCUT2D eigenvalue weighted by Crippen LogP contribution is -2.36. The zero-order chi connectivity index (χ0) is 19.2. The molecule has 6 heteroatoms. The van der Waals surface area contributed by atoms with Crippen molar-refractivity contribution in [1.82, 2.24) is 15.6 Å². The molecule has 1 aliphatic rings. The summed E-state index contributed by atoms with van der Waals surface area (Å²) >= 11 is 11.9. The van der Waals surface area contributed by atoms with Crippen LogP contribution in [0.25, 0.3) is 5.57 Å². The fraction of sp³-hybridized carbons (Fsp3) is 0.333. The van der Waals surface area contributed by atoms with Crippen LogP contribution in [-0.4, -0.2) is 17.6 Å². The van der Waals surface area contributed by atoms with Crippen LogP contribution in [0.15, 0.2) is 36.9 Å². The highest BCUT2D eigenvalue weighted by atomic mass is 35.5. The van der Waals surface area contributed by atoms with E-state index < -0.39 is 0 Å². The molecule has 4 nitrogen and oxygen atoms in total. The number of urea groups is 1. The van der Waals surface area contributed by atoms with Crippen molar-refractivity contribution in [3.05, 3.63) is 69.5 Å². The van der Waals surface area contributed by atoms with Gasteiger partial charge in [0, 0.05) is 25.2 Å². The van der Waals surface area contributed by atoms with Crippen molar-refractivity contribution >= 4 is 34.8 Å². The number of amides is 2. The lowest BCUT2D eigenvalue weighted by atomic mass is 10.1. The first kappa shape index (κ1) is 19.7. The van der Waals surface area contributed by atoms with Crippen LogP contribution in [0.3, 0.4) is 0 Å². The summed E-state index contributed by atoms with van der Waals surface area (Å²) in [4.78, 5) is 16.7. The van der Waals surface area contributed by atoms with Crippen LogP contribution in [0.1, 0.15) is 41.8 Å². The minimum Gasteiger partial charge on any atom is -0.338 e. The molecule has 1 heterocycles. The van der Waals surface area contributed by atoms with Gasteiger partial charge in [-0.15, -0.1) is 0 Å². The highest BCUT2D eigenvalue weighted by Crippen LogP contribution is 2.27. The maximum Gasteiger partial charge on any atom is 0.315 e. The molecular weight excluding hydrogens is 381 g/mol. The largest absolute Gasteiger partial charge is 0.338 e. The Hall–Kier alpha value is -2.04. The normalized spacial score (nSPS) is 13.6. The molecule has 0 unspecified atom stereocenters. The minimum absolute atomic E-state index is 0.222. The highest BCUT2D eigenvalue weighted by Gasteiger charge is 2.13. The molecule has 0 saturated heterocycles. The van der Waals surface area contributed by atoms with Crippen LogP contribution < -0.4 is 10.6 Å². The van der Waals surface area contributed by atoms with Gasteiger partial charge in [0.05, 0.1) is 15.7 Å². The summed E-state index contributed by atoms with van der Waals surface area (Å²) in [6.07, 6.45) is 5.12. The third-order valence-corrected chi connectivity index (χ3v) is 5.39. The van der Waals surface area contributed by atoms with Crippen LogP contribution >= 0.6 is 23.2 Å². The maximum atomic E-state index is 12.0. The van der Waals surface area contributed by atoms with E-state index in [-0.39, 0.29) is 6.03 Å². The summed E-state index contributed by atoms with van der Waals surface area (Å²) in [7, 11) is 0. The van der Waals surface area contributed by atoms with E-state index in [1.165, 1.54) is 18.4 Å². The van der Waals surface area contributed by atoms with E-state index in [9.17, 15) is 4.79 Å². The van der Waals surface area contributed by atoms with Gasteiger partial charge in [-0.2, -0.15) is 0 Å². The SMILES string of the molecule is C=C1CCCCc2ccc(CCNC(=O)NCc3ccc(Cl)c(Cl)c3)nc21. The molecular formula is C21H23Cl2N3O. The van der Waals surface area contributed by atoms with E-state index in [0.717, 1.165) is 35.4 Å². The van der Waals surface area contributed by atoms with Crippen LogP contribution in [0.4, 0.5) is 4.79 Å². The zero-order valence-electron chi connectivity index (χ0n) is 15.2. The van der Waals surface area contributed by atoms with Gasteiger partial charge in [-0.25, -0.2) is 4.79 Å². The number of carbonyl (C=O) groups is 1. The number of fused-ring (bicyclic) bond motifs is 1. The molecule has 1 aliphatic carbocycles. The van der Waals surface area contributed by atoms with Crippen molar-refractivity contribution in [2.24, 2.45) is 0 Å². The Morgan fingerprint density at radius 2 is 1.89 bits per heavy atom. The van der Waals surface area contributed by atoms with E-state index in [4.69, 9.17) is 28.2 Å². The molecule has 27 heavy (non-hydrogen) atoms. The number of pyridine rings is 1. The van der Waals surface area contributed by atoms with E-state index in [2.05, 4.69) is 23.3 Å². The van der Waals surface area contributed by atoms with Gasteiger partial charge in [-0.3, -0.25) is 4.98 Å². The number of hydrogen-bond donors (Lipinski definition) is 2. The fourth-order valence-corrected chi connectivity index (χ4v) is 3.47. The van der Waals surface area contributed by atoms with Crippen molar-refractivity contribution < 1.29 is 4.79 Å². The van der Waals surface area contributed by atoms with Crippen molar-refractivity contribution in [2.45, 2.75) is 38.6 Å². The Balaban J connectivity index is 1.47. The number of aryl methyl sites for hydroxylation is 1. The number of hydrogen-bond acceptors (Lipinski definition) is 2. The smallest absolute Gasteiger partial charge is 0.315 e. The maximum absolute atomic E-state index is 12.0. The van der Waals surface area contributed by atoms with Crippen molar-refractivity contribution in [1.29, 1.82) is 0 Å². The number of rotatable bonds is 5. The average molecular weight is 404 g/mol. The third kappa shape index (κ3) is 5.47. The minimum atomic E-state index is -0.222. The number of allylic oxidation sites excluding steroid dienone is 1. The summed E-state index contributed by atoms with van der Waals surface area (Å²) < 4.78 is 0. The molecule has 2 N–H and O–H groups in total. The van der Waals surface area contributed by atoms with E-state index in [0.29, 0.717) is 29.6 Å². The highest BCUT2D eigenvalue weighted by molar-refractivity contribution is 6.42. The number of nitrogens with one attached hydrogen (secondary N) is 2. The molecule has 3 rings (SSSR count). The molecule has 0 fully saturated rings. The molecule has 0 saturated carbocycles. The van der Waals surface area contributed by atoms with Gasteiger partial charge in [0.15, 0.2) is 0 Å². The first-order chi connectivity index (χ1) is 13.0. The molecule has 0 spiro atoms. The van der Waals surface area contributed by atoms with Gasteiger partial charge in [0.2, 0.25) is 0 Å². The zero-order valence-corrected chi connectivity index (χ0v) is 16.7. The van der Waals surface area contributed by atoms with Crippen LogP contribution in [0, 0.1) is 0 Å². The van der Waals surface area contributed by atoms with E-state index in [1.54, 1.807) is 12.1 Å². The number of nitrogens with zero attached hydrogens (tertiary/aromatic N) is 1. The molecule has 142 valence electrons. The molecule has 2 aromatic rings. The van der Waals surface area contributed by atoms with Crippen LogP contribution in [0.5, 0.6) is 0 Å². The Morgan fingerprint density at radius 3 is 2.70 bits per heavy atom. The Bertz CT molecular complexity index is 851. The third-order valence-electron chi connectivity index (χ3n) is 4.65. The first-order valence-corrected chi connectivity index (χ1v) is 9.91. The molecule has 0 radical (unpaired) electrons. The van der Waals surface area contributed by atoms with Crippen molar-refractivity contribution in [2.75, 3.05) is 6.54 Å². The number of carbonyl (C=O) groups excluding carboxylic acids is 1. The second kappa shape index (κ2) is 9.25. The summed E-state index contributed by atoms with van der Waals surface area (Å²) in [5, 5.41) is 6.65. The quantitative estimate of drug-likeness (QED) is 0.676. The molecule has 1 aromatic carbocycles. The lowest BCUT2D eigenvalue weighted by Gasteiger charge is -2.11. The summed E-state index contributed by atoms with van der Waals surface area (Å²) in [6, 6.07) is 9.28. The van der Waals surface area contributed by atoms with E-state index >= 15 is 0 Å². The predicted octanol–water partition coefficient (Wildman–Crippen LogP) is 5.17. The van der Waals surface area contributed by atoms with Gasteiger partial charge < -0.3 is 10.6 Å². The summed E-state index contributed by atoms with van der Waals surface area (Å²) in [5.74, 6) is 0. The number of benzene rings is 1. The summed E-state index contributed by atoms with van der Waals surface area (Å²) in [5.41, 5.74) is 5.33. The van der Waals surface area contributed by atoms with Crippen molar-refractivity contribution in [3.63, 3.8) is 0 Å². The van der Waals surface area contributed by atoms with Crippen LogP contribution in [-0.2, 0) is 19.4 Å². The number of aromatic nitrogens is 1. The standard InChI is InChI=1S/C21H23Cl2N3O/c1-14-4-2-3-5-16-7-8-17(26-20(14)16)10-11-24-21(27)25-13-15-6-9-18(22)19(23)12-15/h6-9,12H,1-5,10-11,13H2,(H2,24,25,27). The van der Waals surface area contributed by atoms with Crippen LogP contribution in [0.2, 0.25) is 10.0 Å². The first-order valence-electron chi connectivity index (χ1n) is 9.15. The molecule has 2 amide bonds. The molecule has 0 aliphatic heterocycles. The molecule has 1 aromatic heterocycles. The Morgan fingerprint density at radius 1 is 1.07 bits per heavy atom.